The van der Waals surface area contributed by atoms with E-state index < -0.39 is 5.60 Å². The van der Waals surface area contributed by atoms with Crippen molar-refractivity contribution in [1.29, 1.82) is 0 Å². The van der Waals surface area contributed by atoms with Gasteiger partial charge in [-0.2, -0.15) is 0 Å². The van der Waals surface area contributed by atoms with Crippen molar-refractivity contribution in [1.82, 2.24) is 4.90 Å². The number of esters is 1. The minimum atomic E-state index is -0.500. The molecule has 0 aliphatic carbocycles. The van der Waals surface area contributed by atoms with Gasteiger partial charge in [-0.1, -0.05) is 0 Å². The topological polar surface area (TPSA) is 55.8 Å². The molecule has 0 N–H and O–H groups in total. The van der Waals surface area contributed by atoms with Crippen molar-refractivity contribution < 1.29 is 19.1 Å². The van der Waals surface area contributed by atoms with Crippen LogP contribution in [0.1, 0.15) is 40.0 Å². The van der Waals surface area contributed by atoms with E-state index in [1.807, 2.05) is 20.8 Å². The molecular weight excluding hydrogens is 234 g/mol. The van der Waals surface area contributed by atoms with Gasteiger partial charge in [0.25, 0.3) is 0 Å². The highest BCUT2D eigenvalue weighted by atomic mass is 16.6. The van der Waals surface area contributed by atoms with Crippen molar-refractivity contribution in [2.24, 2.45) is 5.92 Å². The van der Waals surface area contributed by atoms with Gasteiger partial charge in [-0.25, -0.2) is 4.79 Å². The lowest BCUT2D eigenvalue weighted by Crippen LogP contribution is -2.41. The zero-order chi connectivity index (χ0) is 13.5. The summed E-state index contributed by atoms with van der Waals surface area (Å²) in [6, 6.07) is 0.0891. The molecule has 2 rings (SSSR count). The van der Waals surface area contributed by atoms with Crippen molar-refractivity contribution in [3.63, 3.8) is 0 Å². The summed E-state index contributed by atoms with van der Waals surface area (Å²) in [4.78, 5) is 25.5. The first-order valence-corrected chi connectivity index (χ1v) is 6.42. The summed E-state index contributed by atoms with van der Waals surface area (Å²) in [6.45, 7) is 5.54. The Balaban J connectivity index is 2.07. The number of carbonyl (C=O) groups is 2. The van der Waals surface area contributed by atoms with E-state index >= 15 is 0 Å². The van der Waals surface area contributed by atoms with Gasteiger partial charge in [0.2, 0.25) is 0 Å². The molecule has 0 aromatic rings. The number of amides is 1. The number of carbonyl (C=O) groups excluding carboxylic acids is 2. The molecule has 5 heteroatoms. The average Bonchev–Trinajstić information content (AvgIpc) is 2.82. The fourth-order valence-electron chi connectivity index (χ4n) is 2.99. The Bertz CT molecular complexity index is 360. The number of hydrogen-bond acceptors (Lipinski definition) is 4. The Labute approximate surface area is 107 Å². The van der Waals surface area contributed by atoms with Crippen LogP contribution in [0.4, 0.5) is 4.79 Å². The summed E-state index contributed by atoms with van der Waals surface area (Å²) in [5.74, 6) is -0.392. The average molecular weight is 255 g/mol. The standard InChI is InChI=1S/C13H21NO4/c1-13(2,3)18-12(16)14-8-5-6-10(14)9(7-8)11(15)17-4/h8-10H,5-7H2,1-4H3/t8-,9-,10+/m1/s1. The molecule has 5 nitrogen and oxygen atoms in total. The van der Waals surface area contributed by atoms with Crippen LogP contribution in [0.15, 0.2) is 0 Å². The van der Waals surface area contributed by atoms with Crippen LogP contribution in [-0.4, -0.2) is 41.8 Å². The molecule has 18 heavy (non-hydrogen) atoms. The van der Waals surface area contributed by atoms with Crippen LogP contribution in [-0.2, 0) is 14.3 Å². The number of fused-ring (bicyclic) bond motifs is 2. The molecule has 0 radical (unpaired) electrons. The van der Waals surface area contributed by atoms with E-state index in [0.29, 0.717) is 6.42 Å². The van der Waals surface area contributed by atoms with E-state index in [1.54, 1.807) is 4.90 Å². The lowest BCUT2D eigenvalue weighted by Gasteiger charge is -2.27. The fraction of sp³-hybridized carbons (Fsp3) is 0.846. The first-order valence-electron chi connectivity index (χ1n) is 6.42. The Morgan fingerprint density at radius 3 is 2.44 bits per heavy atom. The summed E-state index contributed by atoms with van der Waals surface area (Å²) in [5, 5.41) is 0. The zero-order valence-corrected chi connectivity index (χ0v) is 11.4. The largest absolute Gasteiger partial charge is 0.469 e. The minimum absolute atomic E-state index is 0.0442. The van der Waals surface area contributed by atoms with Crippen molar-refractivity contribution in [2.45, 2.75) is 57.7 Å². The van der Waals surface area contributed by atoms with E-state index in [1.165, 1.54) is 7.11 Å². The first kappa shape index (κ1) is 13.2. The predicted octanol–water partition coefficient (Wildman–Crippen LogP) is 1.95. The Morgan fingerprint density at radius 2 is 1.89 bits per heavy atom. The number of nitrogens with zero attached hydrogens (tertiary/aromatic N) is 1. The fourth-order valence-corrected chi connectivity index (χ4v) is 2.99. The second-order valence-electron chi connectivity index (χ2n) is 6.05. The van der Waals surface area contributed by atoms with Gasteiger partial charge in [0.05, 0.1) is 13.0 Å². The normalized spacial score (nSPS) is 30.4. The molecule has 0 saturated carbocycles. The highest BCUT2D eigenvalue weighted by molar-refractivity contribution is 5.77. The van der Waals surface area contributed by atoms with E-state index in [4.69, 9.17) is 9.47 Å². The molecule has 2 aliphatic rings. The lowest BCUT2D eigenvalue weighted by atomic mass is 9.89. The zero-order valence-electron chi connectivity index (χ0n) is 11.4. The maximum absolute atomic E-state index is 12.1. The van der Waals surface area contributed by atoms with Gasteiger partial charge in [0, 0.05) is 12.1 Å². The molecule has 0 aromatic heterocycles. The molecule has 2 saturated heterocycles. The molecule has 2 bridgehead atoms. The van der Waals surface area contributed by atoms with Crippen LogP contribution in [0, 0.1) is 5.92 Å². The number of hydrogen-bond donors (Lipinski definition) is 0. The van der Waals surface area contributed by atoms with Crippen molar-refractivity contribution in [3.8, 4) is 0 Å². The van der Waals surface area contributed by atoms with Gasteiger partial charge >= 0.3 is 12.1 Å². The number of ether oxygens (including phenoxy) is 2. The Kier molecular flexibility index (Phi) is 3.25. The van der Waals surface area contributed by atoms with Crippen LogP contribution < -0.4 is 0 Å². The van der Waals surface area contributed by atoms with Crippen molar-refractivity contribution in [2.75, 3.05) is 7.11 Å². The van der Waals surface area contributed by atoms with E-state index in [0.717, 1.165) is 12.8 Å². The summed E-state index contributed by atoms with van der Waals surface area (Å²) in [6.07, 6.45) is 2.22. The van der Waals surface area contributed by atoms with Gasteiger partial charge in [0.15, 0.2) is 0 Å². The van der Waals surface area contributed by atoms with Gasteiger partial charge in [-0.15, -0.1) is 0 Å². The molecule has 0 unspecified atom stereocenters. The van der Waals surface area contributed by atoms with Crippen LogP contribution in [0.25, 0.3) is 0 Å². The van der Waals surface area contributed by atoms with Crippen molar-refractivity contribution in [3.05, 3.63) is 0 Å². The quantitative estimate of drug-likeness (QED) is 0.672. The van der Waals surface area contributed by atoms with E-state index in [9.17, 15) is 9.59 Å². The lowest BCUT2D eigenvalue weighted by molar-refractivity contribution is -0.146. The smallest absolute Gasteiger partial charge is 0.410 e. The first-order chi connectivity index (χ1) is 8.33. The molecule has 2 fully saturated rings. The second-order valence-corrected chi connectivity index (χ2v) is 6.05. The van der Waals surface area contributed by atoms with Crippen LogP contribution in [0.3, 0.4) is 0 Å². The Morgan fingerprint density at radius 1 is 1.22 bits per heavy atom. The van der Waals surface area contributed by atoms with Gasteiger partial charge < -0.3 is 14.4 Å². The third-order valence-corrected chi connectivity index (χ3v) is 3.65. The number of rotatable bonds is 1. The molecule has 102 valence electrons. The SMILES string of the molecule is COC(=O)[C@@H]1C[C@H]2CC[C@@H]1N2C(=O)OC(C)(C)C. The van der Waals surface area contributed by atoms with Crippen LogP contribution >= 0.6 is 0 Å². The maximum atomic E-state index is 12.1. The molecular formula is C13H21NO4. The number of methoxy groups -OCH3 is 1. The molecule has 2 aliphatic heterocycles. The summed E-state index contributed by atoms with van der Waals surface area (Å²) >= 11 is 0. The summed E-state index contributed by atoms with van der Waals surface area (Å²) in [7, 11) is 1.39. The second kappa shape index (κ2) is 4.44. The van der Waals surface area contributed by atoms with Crippen molar-refractivity contribution >= 4 is 12.1 Å². The monoisotopic (exact) mass is 255 g/mol. The van der Waals surface area contributed by atoms with Gasteiger partial charge in [-0.05, 0) is 40.0 Å². The molecule has 0 spiro atoms. The predicted molar refractivity (Wildman–Crippen MR) is 65.0 cm³/mol. The van der Waals surface area contributed by atoms with Crippen LogP contribution in [0.2, 0.25) is 0 Å². The minimum Gasteiger partial charge on any atom is -0.469 e. The van der Waals surface area contributed by atoms with E-state index in [-0.39, 0.29) is 30.1 Å². The van der Waals surface area contributed by atoms with Gasteiger partial charge in [0.1, 0.15) is 5.60 Å². The molecule has 1 amide bonds. The molecule has 3 atom stereocenters. The summed E-state index contributed by atoms with van der Waals surface area (Å²) < 4.78 is 10.2. The van der Waals surface area contributed by atoms with E-state index in [2.05, 4.69) is 0 Å². The molecule has 2 heterocycles. The Hall–Kier alpha value is -1.26. The third-order valence-electron chi connectivity index (χ3n) is 3.65. The summed E-state index contributed by atoms with van der Waals surface area (Å²) in [5.41, 5.74) is -0.500. The molecule has 0 aromatic carbocycles. The highest BCUT2D eigenvalue weighted by Crippen LogP contribution is 2.42. The third kappa shape index (κ3) is 2.31. The highest BCUT2D eigenvalue weighted by Gasteiger charge is 2.52. The maximum Gasteiger partial charge on any atom is 0.410 e. The van der Waals surface area contributed by atoms with Crippen LogP contribution in [0.5, 0.6) is 0 Å². The van der Waals surface area contributed by atoms with Gasteiger partial charge in [-0.3, -0.25) is 4.79 Å².